The third-order valence-electron chi connectivity index (χ3n) is 4.31. The first kappa shape index (κ1) is 19.7. The molecule has 2 heterocycles. The van der Waals surface area contributed by atoms with Gasteiger partial charge in [0, 0.05) is 20.2 Å². The lowest BCUT2D eigenvalue weighted by molar-refractivity contribution is 0.0828. The van der Waals surface area contributed by atoms with Crippen LogP contribution in [0.15, 0.2) is 39.8 Å². The number of H-pyrrole nitrogens is 1. The van der Waals surface area contributed by atoms with Gasteiger partial charge in [-0.2, -0.15) is 5.10 Å². The number of aromatic nitrogens is 2. The Morgan fingerprint density at radius 2 is 1.89 bits per heavy atom. The third kappa shape index (κ3) is 3.65. The topological polar surface area (TPSA) is 108 Å². The van der Waals surface area contributed by atoms with Crippen molar-refractivity contribution in [1.82, 2.24) is 15.1 Å². The lowest BCUT2D eigenvalue weighted by atomic mass is 10.1. The fourth-order valence-corrected chi connectivity index (χ4v) is 4.17. The van der Waals surface area contributed by atoms with E-state index >= 15 is 0 Å². The summed E-state index contributed by atoms with van der Waals surface area (Å²) in [5, 5.41) is 6.60. The first-order chi connectivity index (χ1) is 13.1. The minimum Gasteiger partial charge on any atom is -0.458 e. The molecule has 3 rings (SSSR count). The van der Waals surface area contributed by atoms with E-state index in [1.54, 1.807) is 27.1 Å². The van der Waals surface area contributed by atoms with Gasteiger partial charge in [-0.15, -0.1) is 0 Å². The van der Waals surface area contributed by atoms with E-state index in [9.17, 15) is 13.2 Å². The minimum atomic E-state index is -3.87. The van der Waals surface area contributed by atoms with E-state index in [0.717, 1.165) is 11.1 Å². The Morgan fingerprint density at radius 3 is 2.54 bits per heavy atom. The molecule has 9 heteroatoms. The molecule has 2 aromatic heterocycles. The molecule has 8 nitrogen and oxygen atoms in total. The van der Waals surface area contributed by atoms with E-state index in [1.807, 2.05) is 26.0 Å². The van der Waals surface area contributed by atoms with Crippen LogP contribution in [0.5, 0.6) is 0 Å². The number of carbonyl (C=O) groups excluding carboxylic acids is 1. The smallest absolute Gasteiger partial charge is 0.265 e. The van der Waals surface area contributed by atoms with Crippen molar-refractivity contribution in [3.05, 3.63) is 52.9 Å². The number of anilines is 1. The first-order valence-electron chi connectivity index (χ1n) is 8.56. The molecule has 1 aromatic carbocycles. The molecule has 1 amide bonds. The molecule has 0 bridgehead atoms. The van der Waals surface area contributed by atoms with Crippen molar-refractivity contribution in [2.75, 3.05) is 18.8 Å². The standard InChI is InChI=1S/C19H22N4O4S/c1-11-6-7-15(12(2)8-11)22-28(25,26)17-9-16(27-13(17)3)18-14(10-20-21-18)19(24)23(4)5/h6-10,22H,1-5H3,(H,20,21). The molecule has 148 valence electrons. The van der Waals surface area contributed by atoms with Crippen molar-refractivity contribution >= 4 is 21.6 Å². The Balaban J connectivity index is 1.99. The maximum atomic E-state index is 12.9. The molecule has 0 aliphatic heterocycles. The number of aryl methyl sites for hydroxylation is 3. The average Bonchev–Trinajstić information content (AvgIpc) is 3.23. The second-order valence-electron chi connectivity index (χ2n) is 6.81. The van der Waals surface area contributed by atoms with Crippen molar-refractivity contribution in [2.45, 2.75) is 25.7 Å². The molecule has 0 saturated heterocycles. The number of hydrogen-bond donors (Lipinski definition) is 2. The van der Waals surface area contributed by atoms with E-state index in [0.29, 0.717) is 16.9 Å². The van der Waals surface area contributed by atoms with Gasteiger partial charge in [-0.25, -0.2) is 8.42 Å². The molecule has 0 aliphatic rings. The number of aromatic amines is 1. The van der Waals surface area contributed by atoms with Crippen molar-refractivity contribution in [3.63, 3.8) is 0 Å². The zero-order valence-electron chi connectivity index (χ0n) is 16.3. The van der Waals surface area contributed by atoms with Gasteiger partial charge in [0.05, 0.1) is 17.4 Å². The van der Waals surface area contributed by atoms with Gasteiger partial charge in [-0.05, 0) is 32.4 Å². The van der Waals surface area contributed by atoms with Crippen LogP contribution in [0, 0.1) is 20.8 Å². The summed E-state index contributed by atoms with van der Waals surface area (Å²) in [7, 11) is -0.630. The van der Waals surface area contributed by atoms with Gasteiger partial charge in [-0.3, -0.25) is 14.6 Å². The summed E-state index contributed by atoms with van der Waals surface area (Å²) in [6.45, 7) is 5.33. The van der Waals surface area contributed by atoms with E-state index < -0.39 is 10.0 Å². The normalized spacial score (nSPS) is 11.5. The van der Waals surface area contributed by atoms with E-state index in [4.69, 9.17) is 4.42 Å². The van der Waals surface area contributed by atoms with Crippen LogP contribution in [0.25, 0.3) is 11.5 Å². The molecule has 0 atom stereocenters. The van der Waals surface area contributed by atoms with Gasteiger partial charge >= 0.3 is 0 Å². The fourth-order valence-electron chi connectivity index (χ4n) is 2.86. The zero-order valence-corrected chi connectivity index (χ0v) is 17.1. The van der Waals surface area contributed by atoms with Crippen LogP contribution in [0.4, 0.5) is 5.69 Å². The Morgan fingerprint density at radius 1 is 1.18 bits per heavy atom. The summed E-state index contributed by atoms with van der Waals surface area (Å²) in [5.41, 5.74) is 2.98. The number of sulfonamides is 1. The molecular weight excluding hydrogens is 380 g/mol. The number of carbonyl (C=O) groups is 1. The second-order valence-corrected chi connectivity index (χ2v) is 8.46. The van der Waals surface area contributed by atoms with Crippen LogP contribution in [0.2, 0.25) is 0 Å². The SMILES string of the molecule is Cc1ccc(NS(=O)(=O)c2cc(-c3[nH]ncc3C(=O)N(C)C)oc2C)c(C)c1. The second kappa shape index (κ2) is 7.16. The van der Waals surface area contributed by atoms with Gasteiger partial charge in [0.2, 0.25) is 0 Å². The predicted molar refractivity (Wildman–Crippen MR) is 106 cm³/mol. The van der Waals surface area contributed by atoms with Gasteiger partial charge in [0.15, 0.2) is 5.76 Å². The Kier molecular flexibility index (Phi) is 5.03. The molecule has 0 fully saturated rings. The van der Waals surface area contributed by atoms with E-state index in [1.165, 1.54) is 17.2 Å². The summed E-state index contributed by atoms with van der Waals surface area (Å²) in [4.78, 5) is 13.7. The van der Waals surface area contributed by atoms with Gasteiger partial charge in [-0.1, -0.05) is 17.7 Å². The first-order valence-corrected chi connectivity index (χ1v) is 10.0. The molecule has 0 aliphatic carbocycles. The number of amides is 1. The average molecular weight is 402 g/mol. The van der Waals surface area contributed by atoms with Gasteiger partial charge in [0.1, 0.15) is 16.3 Å². The monoisotopic (exact) mass is 402 g/mol. The quantitative estimate of drug-likeness (QED) is 0.682. The Labute approximate surface area is 163 Å². The summed E-state index contributed by atoms with van der Waals surface area (Å²) in [6.07, 6.45) is 1.39. The van der Waals surface area contributed by atoms with Crippen LogP contribution < -0.4 is 4.72 Å². The highest BCUT2D eigenvalue weighted by Gasteiger charge is 2.26. The van der Waals surface area contributed by atoms with Crippen LogP contribution in [-0.2, 0) is 10.0 Å². The number of benzene rings is 1. The zero-order chi connectivity index (χ0) is 20.6. The van der Waals surface area contributed by atoms with Crippen LogP contribution >= 0.6 is 0 Å². The number of furan rings is 1. The van der Waals surface area contributed by atoms with Crippen LogP contribution in [0.3, 0.4) is 0 Å². The molecule has 28 heavy (non-hydrogen) atoms. The molecule has 2 N–H and O–H groups in total. The van der Waals surface area contributed by atoms with E-state index in [-0.39, 0.29) is 22.3 Å². The summed E-state index contributed by atoms with van der Waals surface area (Å²) in [5.74, 6) is 0.168. The number of hydrogen-bond acceptors (Lipinski definition) is 5. The number of rotatable bonds is 5. The van der Waals surface area contributed by atoms with Crippen molar-refractivity contribution in [3.8, 4) is 11.5 Å². The van der Waals surface area contributed by atoms with Crippen molar-refractivity contribution in [2.24, 2.45) is 0 Å². The van der Waals surface area contributed by atoms with E-state index in [2.05, 4.69) is 14.9 Å². The molecule has 0 spiro atoms. The molecular formula is C19H22N4O4S. The molecule has 0 unspecified atom stereocenters. The molecule has 0 radical (unpaired) electrons. The highest BCUT2D eigenvalue weighted by atomic mass is 32.2. The minimum absolute atomic E-state index is 0.000303. The number of nitrogens with zero attached hydrogens (tertiary/aromatic N) is 2. The van der Waals surface area contributed by atoms with Crippen molar-refractivity contribution < 1.29 is 17.6 Å². The fraction of sp³-hybridized carbons (Fsp3) is 0.263. The van der Waals surface area contributed by atoms with Crippen LogP contribution in [-0.4, -0.2) is 43.5 Å². The number of nitrogens with one attached hydrogen (secondary N) is 2. The summed E-state index contributed by atoms with van der Waals surface area (Å²) in [6, 6.07) is 6.85. The molecule has 3 aromatic rings. The largest absolute Gasteiger partial charge is 0.458 e. The third-order valence-corrected chi connectivity index (χ3v) is 5.78. The lowest BCUT2D eigenvalue weighted by Crippen LogP contribution is -2.21. The highest BCUT2D eigenvalue weighted by molar-refractivity contribution is 7.92. The summed E-state index contributed by atoms with van der Waals surface area (Å²) >= 11 is 0. The van der Waals surface area contributed by atoms with Crippen LogP contribution in [0.1, 0.15) is 27.2 Å². The Hall–Kier alpha value is -3.07. The summed E-state index contributed by atoms with van der Waals surface area (Å²) < 4.78 is 34.0. The van der Waals surface area contributed by atoms with Gasteiger partial charge < -0.3 is 9.32 Å². The predicted octanol–water partition coefficient (Wildman–Crippen LogP) is 3.10. The lowest BCUT2D eigenvalue weighted by Gasteiger charge is -2.10. The Bertz CT molecular complexity index is 1140. The van der Waals surface area contributed by atoms with Crippen molar-refractivity contribution in [1.29, 1.82) is 0 Å². The maximum Gasteiger partial charge on any atom is 0.265 e. The maximum absolute atomic E-state index is 12.9. The highest BCUT2D eigenvalue weighted by Crippen LogP contribution is 2.31. The molecule has 0 saturated carbocycles. The van der Waals surface area contributed by atoms with Gasteiger partial charge in [0.25, 0.3) is 15.9 Å².